The van der Waals surface area contributed by atoms with Gasteiger partial charge in [0.05, 0.1) is 13.2 Å². The highest BCUT2D eigenvalue weighted by molar-refractivity contribution is 6.06. The molecule has 1 aromatic rings. The number of nitrogens with zero attached hydrogens (tertiary/aromatic N) is 3. The third-order valence-corrected chi connectivity index (χ3v) is 2.96. The monoisotopic (exact) mass is 263 g/mol. The average molecular weight is 263 g/mol. The van der Waals surface area contributed by atoms with E-state index in [-0.39, 0.29) is 29.0 Å². The molecule has 0 spiro atoms. The number of rotatable bonds is 3. The van der Waals surface area contributed by atoms with Crippen LogP contribution in [0.4, 0.5) is 0 Å². The molecule has 0 aromatic carbocycles. The van der Waals surface area contributed by atoms with Gasteiger partial charge in [0.2, 0.25) is 0 Å². The normalized spacial score (nSPS) is 15.6. The molecule has 1 saturated heterocycles. The number of ketones is 1. The second-order valence-corrected chi connectivity index (χ2v) is 4.68. The summed E-state index contributed by atoms with van der Waals surface area (Å²) in [6.45, 7) is 5.62. The molecule has 2 rings (SSSR count). The molecule has 0 unspecified atom stereocenters. The topological polar surface area (TPSA) is 72.4 Å². The van der Waals surface area contributed by atoms with E-state index < -0.39 is 0 Å². The van der Waals surface area contributed by atoms with E-state index in [0.29, 0.717) is 26.3 Å². The van der Waals surface area contributed by atoms with Crippen molar-refractivity contribution >= 4 is 11.7 Å². The van der Waals surface area contributed by atoms with E-state index >= 15 is 0 Å². The summed E-state index contributed by atoms with van der Waals surface area (Å²) in [7, 11) is 0. The van der Waals surface area contributed by atoms with Crippen molar-refractivity contribution in [1.82, 2.24) is 14.9 Å². The highest BCUT2D eigenvalue weighted by Crippen LogP contribution is 2.12. The van der Waals surface area contributed by atoms with Crippen molar-refractivity contribution in [3.63, 3.8) is 0 Å². The molecule has 0 aliphatic carbocycles. The Hall–Kier alpha value is -1.82. The van der Waals surface area contributed by atoms with Crippen LogP contribution in [-0.4, -0.2) is 52.9 Å². The largest absolute Gasteiger partial charge is 0.378 e. The maximum absolute atomic E-state index is 12.4. The fourth-order valence-electron chi connectivity index (χ4n) is 1.86. The van der Waals surface area contributed by atoms with Crippen LogP contribution < -0.4 is 0 Å². The minimum Gasteiger partial charge on any atom is -0.378 e. The highest BCUT2D eigenvalue weighted by atomic mass is 16.5. The number of morpholine rings is 1. The lowest BCUT2D eigenvalue weighted by atomic mass is 10.0. The van der Waals surface area contributed by atoms with Crippen LogP contribution in [0.1, 0.15) is 34.8 Å². The van der Waals surface area contributed by atoms with E-state index in [1.807, 2.05) is 0 Å². The Morgan fingerprint density at radius 2 is 1.74 bits per heavy atom. The number of carbonyl (C=O) groups is 2. The molecule has 1 fully saturated rings. The van der Waals surface area contributed by atoms with E-state index in [9.17, 15) is 9.59 Å². The van der Waals surface area contributed by atoms with E-state index in [1.54, 1.807) is 18.7 Å². The molecule has 19 heavy (non-hydrogen) atoms. The van der Waals surface area contributed by atoms with Crippen LogP contribution in [0.5, 0.6) is 0 Å². The van der Waals surface area contributed by atoms with Gasteiger partial charge in [0.1, 0.15) is 5.69 Å². The van der Waals surface area contributed by atoms with Gasteiger partial charge in [-0.2, -0.15) is 0 Å². The number of amides is 1. The first-order valence-electron chi connectivity index (χ1n) is 6.33. The predicted octanol–water partition coefficient (Wildman–Crippen LogP) is 0.788. The molecule has 1 aromatic heterocycles. The van der Waals surface area contributed by atoms with Gasteiger partial charge in [-0.15, -0.1) is 0 Å². The third kappa shape index (κ3) is 2.96. The van der Waals surface area contributed by atoms with E-state index in [2.05, 4.69) is 9.97 Å². The van der Waals surface area contributed by atoms with Crippen molar-refractivity contribution in [2.75, 3.05) is 26.3 Å². The van der Waals surface area contributed by atoms with Crippen molar-refractivity contribution in [2.24, 2.45) is 5.92 Å². The third-order valence-electron chi connectivity index (χ3n) is 2.96. The molecule has 0 radical (unpaired) electrons. The van der Waals surface area contributed by atoms with Gasteiger partial charge in [0.25, 0.3) is 5.91 Å². The van der Waals surface area contributed by atoms with Crippen molar-refractivity contribution in [2.45, 2.75) is 13.8 Å². The first-order chi connectivity index (χ1) is 9.11. The molecular formula is C13H17N3O3. The molecular weight excluding hydrogens is 246 g/mol. The van der Waals surface area contributed by atoms with E-state index in [4.69, 9.17) is 4.74 Å². The summed E-state index contributed by atoms with van der Waals surface area (Å²) < 4.78 is 5.20. The number of ether oxygens (including phenoxy) is 1. The van der Waals surface area contributed by atoms with Gasteiger partial charge in [-0.05, 0) is 0 Å². The smallest absolute Gasteiger partial charge is 0.274 e. The molecule has 0 saturated carbocycles. The molecule has 1 amide bonds. The SMILES string of the molecule is CC(C)C(=O)c1nccnc1C(=O)N1CCOCC1. The summed E-state index contributed by atoms with van der Waals surface area (Å²) in [6, 6.07) is 0. The molecule has 1 aliphatic heterocycles. The van der Waals surface area contributed by atoms with Crippen molar-refractivity contribution in [3.8, 4) is 0 Å². The zero-order chi connectivity index (χ0) is 13.8. The van der Waals surface area contributed by atoms with Gasteiger partial charge < -0.3 is 9.64 Å². The van der Waals surface area contributed by atoms with Gasteiger partial charge in [0, 0.05) is 31.4 Å². The van der Waals surface area contributed by atoms with Gasteiger partial charge in [-0.3, -0.25) is 9.59 Å². The summed E-state index contributed by atoms with van der Waals surface area (Å²) in [5, 5.41) is 0. The summed E-state index contributed by atoms with van der Waals surface area (Å²) in [5.74, 6) is -0.627. The van der Waals surface area contributed by atoms with Crippen molar-refractivity contribution < 1.29 is 14.3 Å². The fraction of sp³-hybridized carbons (Fsp3) is 0.538. The van der Waals surface area contributed by atoms with Gasteiger partial charge in [0.15, 0.2) is 11.5 Å². The number of aromatic nitrogens is 2. The Bertz CT molecular complexity index is 482. The molecule has 0 atom stereocenters. The Labute approximate surface area is 111 Å². The average Bonchev–Trinajstić information content (AvgIpc) is 2.46. The fourth-order valence-corrected chi connectivity index (χ4v) is 1.86. The Morgan fingerprint density at radius 1 is 1.16 bits per heavy atom. The van der Waals surface area contributed by atoms with Gasteiger partial charge in [-0.1, -0.05) is 13.8 Å². The quantitative estimate of drug-likeness (QED) is 0.754. The molecule has 6 nitrogen and oxygen atoms in total. The van der Waals surface area contributed by atoms with Crippen LogP contribution in [0.2, 0.25) is 0 Å². The maximum Gasteiger partial charge on any atom is 0.274 e. The lowest BCUT2D eigenvalue weighted by Gasteiger charge is -2.26. The molecule has 1 aliphatic rings. The molecule has 0 N–H and O–H groups in total. The number of carbonyl (C=O) groups excluding carboxylic acids is 2. The van der Waals surface area contributed by atoms with Crippen LogP contribution in [0, 0.1) is 5.92 Å². The van der Waals surface area contributed by atoms with Gasteiger partial charge in [-0.25, -0.2) is 9.97 Å². The van der Waals surface area contributed by atoms with E-state index in [1.165, 1.54) is 12.4 Å². The molecule has 0 bridgehead atoms. The second kappa shape index (κ2) is 5.88. The summed E-state index contributed by atoms with van der Waals surface area (Å²) in [5.41, 5.74) is 0.303. The summed E-state index contributed by atoms with van der Waals surface area (Å²) in [6.07, 6.45) is 2.87. The molecule has 6 heteroatoms. The number of hydrogen-bond donors (Lipinski definition) is 0. The second-order valence-electron chi connectivity index (χ2n) is 4.68. The van der Waals surface area contributed by atoms with Crippen molar-refractivity contribution in [3.05, 3.63) is 23.8 Å². The van der Waals surface area contributed by atoms with Crippen LogP contribution in [-0.2, 0) is 4.74 Å². The molecule has 2 heterocycles. The zero-order valence-corrected chi connectivity index (χ0v) is 11.1. The zero-order valence-electron chi connectivity index (χ0n) is 11.1. The van der Waals surface area contributed by atoms with Gasteiger partial charge >= 0.3 is 0 Å². The van der Waals surface area contributed by atoms with Crippen LogP contribution in [0.25, 0.3) is 0 Å². The number of Topliss-reactive ketones (excluding diaryl/α,β-unsaturated/α-hetero) is 1. The number of hydrogen-bond acceptors (Lipinski definition) is 5. The Morgan fingerprint density at radius 3 is 2.32 bits per heavy atom. The Kier molecular flexibility index (Phi) is 4.21. The Balaban J connectivity index is 2.28. The van der Waals surface area contributed by atoms with Crippen LogP contribution in [0.3, 0.4) is 0 Å². The first-order valence-corrected chi connectivity index (χ1v) is 6.33. The highest BCUT2D eigenvalue weighted by Gasteiger charge is 2.26. The van der Waals surface area contributed by atoms with E-state index in [0.717, 1.165) is 0 Å². The van der Waals surface area contributed by atoms with Crippen LogP contribution in [0.15, 0.2) is 12.4 Å². The lowest BCUT2D eigenvalue weighted by Crippen LogP contribution is -2.41. The van der Waals surface area contributed by atoms with Crippen molar-refractivity contribution in [1.29, 1.82) is 0 Å². The lowest BCUT2D eigenvalue weighted by molar-refractivity contribution is 0.0297. The maximum atomic E-state index is 12.4. The molecule has 102 valence electrons. The standard InChI is InChI=1S/C13H17N3O3/c1-9(2)12(17)10-11(15-4-3-14-10)13(18)16-5-7-19-8-6-16/h3-4,9H,5-8H2,1-2H3. The summed E-state index contributed by atoms with van der Waals surface area (Å²) >= 11 is 0. The first kappa shape index (κ1) is 13.6. The van der Waals surface area contributed by atoms with Crippen LogP contribution >= 0.6 is 0 Å². The summed E-state index contributed by atoms with van der Waals surface area (Å²) in [4.78, 5) is 34.1. The minimum absolute atomic E-state index is 0.142. The predicted molar refractivity (Wildman–Crippen MR) is 67.9 cm³/mol. The minimum atomic E-state index is -0.250.